The molecule has 0 aliphatic heterocycles. The molecule has 28 aromatic rings. The van der Waals surface area contributed by atoms with Gasteiger partial charge in [-0.3, -0.25) is 57.5 Å². The fraction of sp³-hybridized carbons (Fsp3) is 0.0645. The molecule has 0 unspecified atom stereocenters. The number of benzene rings is 12. The Hall–Kier alpha value is -18.3. The number of fused-ring (bicyclic) bond motifs is 60. The number of hydrogen-bond donors (Lipinski definition) is 0. The molecule has 36 rings (SSSR count). The van der Waals surface area contributed by atoms with Gasteiger partial charge >= 0.3 is 0 Å². The van der Waals surface area contributed by atoms with Crippen LogP contribution in [0.3, 0.4) is 0 Å². The summed E-state index contributed by atoms with van der Waals surface area (Å²) in [6, 6.07) is 101. The van der Waals surface area contributed by atoms with Crippen molar-refractivity contribution in [1.82, 2.24) is 77.4 Å². The Bertz CT molecular complexity index is 9460. The molecule has 0 radical (unpaired) electrons. The molecule has 0 amide bonds. The summed E-state index contributed by atoms with van der Waals surface area (Å²) in [6.07, 6.45) is 26.4. The summed E-state index contributed by atoms with van der Waals surface area (Å²) in [5, 5.41) is 6.32. The number of hydrogen-bond acceptors (Lipinski definition) is 12. The molecule has 0 bridgehead atoms. The number of rotatable bonds is 0. The SMILES string of the molecule is c1ccc2c(c1)Cc1c-2ccc2c1-c1cc3nc4c5cccnc5c5ncccc5n4c3cc1C2.c1ccc2c(c1)Cc1c-2ccc2c1-c1cc3nc4c5ccncc5c5ncccc5n4c3cc1C2.c1ccc2c(c1)Cc1c-2ccc2c1-c1cc3nc4c5cnccc5c5ncccc5n4c3cc1C2.c1ccc2c(c1)Cc1c-2ccc2c1-c1cc3nc4c5ncccc5c5ncccc5n4c3cc1C2. The smallest absolute Gasteiger partial charge is 0.165 e. The van der Waals surface area contributed by atoms with Gasteiger partial charge in [0.05, 0.1) is 82.8 Å². The van der Waals surface area contributed by atoms with Gasteiger partial charge in [-0.2, -0.15) is 0 Å². The third-order valence-electron chi connectivity index (χ3n) is 31.7. The van der Waals surface area contributed by atoms with Gasteiger partial charge in [0.25, 0.3) is 0 Å². The summed E-state index contributed by atoms with van der Waals surface area (Å²) in [4.78, 5) is 57.7. The minimum Gasteiger partial charge on any atom is -0.290 e. The van der Waals surface area contributed by atoms with Crippen molar-refractivity contribution >= 4 is 154 Å². The molecule has 0 atom stereocenters. The number of aromatic nitrogens is 16. The molecule has 0 fully saturated rings. The van der Waals surface area contributed by atoms with Crippen molar-refractivity contribution in [2.24, 2.45) is 0 Å². The molecule has 16 nitrogen and oxygen atoms in total. The Morgan fingerprint density at radius 1 is 0.171 bits per heavy atom. The fourth-order valence-corrected chi connectivity index (χ4v) is 25.9. The maximum absolute atomic E-state index is 5.18. The van der Waals surface area contributed by atoms with Crippen LogP contribution < -0.4 is 0 Å². The lowest BCUT2D eigenvalue weighted by atomic mass is 9.95. The molecule has 8 aliphatic rings. The molecule has 12 aromatic carbocycles. The van der Waals surface area contributed by atoms with Crippen LogP contribution in [0.25, 0.3) is 243 Å². The summed E-state index contributed by atoms with van der Waals surface area (Å²) in [7, 11) is 0. The van der Waals surface area contributed by atoms with Crippen LogP contribution in [0.2, 0.25) is 0 Å². The zero-order valence-electron chi connectivity index (χ0n) is 75.1. The van der Waals surface area contributed by atoms with Crippen molar-refractivity contribution < 1.29 is 0 Å². The Balaban J connectivity index is 0.0000000829. The maximum atomic E-state index is 5.18. The Morgan fingerprint density at radius 3 is 0.893 bits per heavy atom. The van der Waals surface area contributed by atoms with Crippen LogP contribution in [0.1, 0.15) is 89.0 Å². The molecule has 0 saturated carbocycles. The summed E-state index contributed by atoms with van der Waals surface area (Å²) in [6.45, 7) is 0. The van der Waals surface area contributed by atoms with Crippen LogP contribution in [0.5, 0.6) is 0 Å². The topological polar surface area (TPSA) is 172 Å². The van der Waals surface area contributed by atoms with E-state index in [4.69, 9.17) is 44.9 Å². The molecule has 8 aliphatic carbocycles. The van der Waals surface area contributed by atoms with E-state index in [2.05, 4.69) is 269 Å². The Morgan fingerprint density at radius 2 is 0.479 bits per heavy atom. The van der Waals surface area contributed by atoms with Gasteiger partial charge in [-0.05, 0) is 363 Å². The summed E-state index contributed by atoms with van der Waals surface area (Å²) in [5.74, 6) is 0. The average molecular weight is 1790 g/mol. The van der Waals surface area contributed by atoms with Gasteiger partial charge in [0.1, 0.15) is 33.5 Å². The third-order valence-corrected chi connectivity index (χ3v) is 31.7. The van der Waals surface area contributed by atoms with Gasteiger partial charge in [0.2, 0.25) is 0 Å². The van der Waals surface area contributed by atoms with Crippen LogP contribution >= 0.6 is 0 Å². The van der Waals surface area contributed by atoms with E-state index in [9.17, 15) is 0 Å². The largest absolute Gasteiger partial charge is 0.290 e. The van der Waals surface area contributed by atoms with Crippen LogP contribution in [-0.2, 0) is 51.4 Å². The molecule has 0 N–H and O–H groups in total. The predicted molar refractivity (Wildman–Crippen MR) is 559 cm³/mol. The Labute approximate surface area is 796 Å². The number of imidazole rings is 4. The van der Waals surface area contributed by atoms with Crippen molar-refractivity contribution in [3.05, 3.63) is 430 Å². The molecular formula is C124H72N16. The predicted octanol–water partition coefficient (Wildman–Crippen LogP) is 26.9. The minimum absolute atomic E-state index is 0.894. The van der Waals surface area contributed by atoms with Crippen LogP contribution in [0.4, 0.5) is 0 Å². The molecular weight excluding hydrogens is 1710 g/mol. The monoisotopic (exact) mass is 1780 g/mol. The first kappa shape index (κ1) is 75.1. The van der Waals surface area contributed by atoms with Crippen molar-refractivity contribution in [3.8, 4) is 89.0 Å². The van der Waals surface area contributed by atoms with E-state index in [1.165, 1.54) is 178 Å². The van der Waals surface area contributed by atoms with E-state index in [0.717, 1.165) is 206 Å². The summed E-state index contributed by atoms with van der Waals surface area (Å²) in [5.41, 5.74) is 67.1. The standard InChI is InChI=1S/4C31H18N4/c1-2-6-20-17(5-1)14-24-21(20)10-9-18-13-19-15-27-25(16-23(19)28(18)24)34-31-22-7-3-11-32-29(22)30-26(35(27)31)8-4-12-33-30;1-2-6-20-17(5-1)14-24-21(20)10-9-18-13-19-15-27-25(16-23(19)28(18)24)34-31-30-22(7-3-11-33-30)29-26(35(27)31)8-4-12-32-29;1-2-5-20-17(4-1)13-24-21(20)8-7-18-12-19-14-28-26(15-23(19)29(18)24)34-31-22-9-11-32-16-25(22)30-27(35(28)31)6-3-10-33-30;1-2-5-20-17(4-1)13-24-21(20)8-7-18-12-19-14-28-26(15-23(19)29(18)24)34-31-25-16-32-11-9-22(25)30-27(35(28)31)6-3-10-33-30/h2*1-12,15-16H,13-14H2;2*1-11,14-16H,12-13H2. The van der Waals surface area contributed by atoms with E-state index in [0.29, 0.717) is 0 Å². The molecule has 16 heterocycles. The van der Waals surface area contributed by atoms with Crippen molar-refractivity contribution in [2.75, 3.05) is 0 Å². The van der Waals surface area contributed by atoms with Crippen LogP contribution in [0, 0.1) is 0 Å². The zero-order chi connectivity index (χ0) is 90.7. The van der Waals surface area contributed by atoms with Gasteiger partial charge < -0.3 is 0 Å². The van der Waals surface area contributed by atoms with E-state index < -0.39 is 0 Å². The molecule has 0 spiro atoms. The van der Waals surface area contributed by atoms with E-state index in [-0.39, 0.29) is 0 Å². The summed E-state index contributed by atoms with van der Waals surface area (Å²) < 4.78 is 9.07. The van der Waals surface area contributed by atoms with E-state index in [1.54, 1.807) is 0 Å². The van der Waals surface area contributed by atoms with Crippen molar-refractivity contribution in [3.63, 3.8) is 0 Å². The highest BCUT2D eigenvalue weighted by Gasteiger charge is 2.37. The molecule has 140 heavy (non-hydrogen) atoms. The average Bonchev–Trinajstić information content (AvgIpc) is 1.56. The number of pyridine rings is 12. The zero-order valence-corrected chi connectivity index (χ0v) is 75.1. The number of nitrogens with zero attached hydrogens (tertiary/aromatic N) is 16. The first-order chi connectivity index (χ1) is 69.4. The lowest BCUT2D eigenvalue weighted by Gasteiger charge is -2.09. The second-order valence-electron chi connectivity index (χ2n) is 38.7. The normalized spacial score (nSPS) is 13.5. The highest BCUT2D eigenvalue weighted by Crippen LogP contribution is 2.55. The van der Waals surface area contributed by atoms with E-state index in [1.807, 2.05) is 104 Å². The van der Waals surface area contributed by atoms with Gasteiger partial charge in [0.15, 0.2) is 5.65 Å². The maximum Gasteiger partial charge on any atom is 0.165 e. The minimum atomic E-state index is 0.894. The fourth-order valence-electron chi connectivity index (χ4n) is 25.9. The second-order valence-corrected chi connectivity index (χ2v) is 38.7. The molecule has 16 heteroatoms. The molecule has 16 aromatic heterocycles. The second kappa shape index (κ2) is 27.7. The molecule has 648 valence electrons. The third kappa shape index (κ3) is 10.3. The Kier molecular flexibility index (Phi) is 14.9. The van der Waals surface area contributed by atoms with Crippen LogP contribution in [0.15, 0.2) is 341 Å². The van der Waals surface area contributed by atoms with Crippen LogP contribution in [-0.4, -0.2) is 77.4 Å². The summed E-state index contributed by atoms with van der Waals surface area (Å²) >= 11 is 0. The van der Waals surface area contributed by atoms with Gasteiger partial charge in [-0.15, -0.1) is 0 Å². The first-order valence-corrected chi connectivity index (χ1v) is 48.2. The van der Waals surface area contributed by atoms with Crippen molar-refractivity contribution in [2.45, 2.75) is 51.4 Å². The highest BCUT2D eigenvalue weighted by molar-refractivity contribution is 6.17. The lowest BCUT2D eigenvalue weighted by molar-refractivity contribution is 1.23. The lowest BCUT2D eigenvalue weighted by Crippen LogP contribution is -1.94. The quantitative estimate of drug-likeness (QED) is 0.132. The molecule has 0 saturated heterocycles. The van der Waals surface area contributed by atoms with Gasteiger partial charge in [-0.25, -0.2) is 19.9 Å². The van der Waals surface area contributed by atoms with Crippen molar-refractivity contribution in [1.29, 1.82) is 0 Å². The first-order valence-electron chi connectivity index (χ1n) is 48.2. The highest BCUT2D eigenvalue weighted by atomic mass is 15.1. The van der Waals surface area contributed by atoms with Gasteiger partial charge in [-0.1, -0.05) is 146 Å². The van der Waals surface area contributed by atoms with E-state index >= 15 is 0 Å². The van der Waals surface area contributed by atoms with Gasteiger partial charge in [0, 0.05) is 94.3 Å².